The summed E-state index contributed by atoms with van der Waals surface area (Å²) in [6.07, 6.45) is -2.29. The molecule has 0 aromatic heterocycles. The van der Waals surface area contributed by atoms with Crippen molar-refractivity contribution in [1.29, 1.82) is 0 Å². The van der Waals surface area contributed by atoms with Gasteiger partial charge in [-0.1, -0.05) is 0 Å². The van der Waals surface area contributed by atoms with Crippen LogP contribution in [0.2, 0.25) is 0 Å². The Morgan fingerprint density at radius 1 is 0.842 bits per heavy atom. The summed E-state index contributed by atoms with van der Waals surface area (Å²) >= 11 is 0. The second-order valence-electron chi connectivity index (χ2n) is 3.39. The highest BCUT2D eigenvalue weighted by atomic mass is 16.4. The van der Waals surface area contributed by atoms with Gasteiger partial charge in [0.05, 0.1) is 12.8 Å². The monoisotopic (exact) mass is 282 g/mol. The van der Waals surface area contributed by atoms with Gasteiger partial charge in [-0.15, -0.1) is 0 Å². The third-order valence-electron chi connectivity index (χ3n) is 1.29. The van der Waals surface area contributed by atoms with Crippen molar-refractivity contribution < 1.29 is 44.7 Å². The molecule has 0 bridgehead atoms. The molecule has 0 fully saturated rings. The number of rotatable bonds is 5. The number of ketones is 1. The molecule has 0 saturated heterocycles. The van der Waals surface area contributed by atoms with Crippen LogP contribution >= 0.6 is 0 Å². The number of aliphatic hydroxyl groups excluding tert-OH is 1. The van der Waals surface area contributed by atoms with Crippen LogP contribution in [0, 0.1) is 0 Å². The molecular weight excluding hydrogens is 264 g/mol. The van der Waals surface area contributed by atoms with Crippen molar-refractivity contribution in [2.24, 2.45) is 0 Å². The van der Waals surface area contributed by atoms with E-state index >= 15 is 0 Å². The van der Waals surface area contributed by atoms with Gasteiger partial charge in [-0.3, -0.25) is 9.59 Å². The summed E-state index contributed by atoms with van der Waals surface area (Å²) in [5, 5.41) is 40.8. The average Bonchev–Trinajstić information content (AvgIpc) is 2.16. The summed E-state index contributed by atoms with van der Waals surface area (Å²) in [5.41, 5.74) is -2.74. The van der Waals surface area contributed by atoms with Gasteiger partial charge in [-0.25, -0.2) is 4.79 Å². The van der Waals surface area contributed by atoms with Gasteiger partial charge in [-0.2, -0.15) is 0 Å². The molecule has 0 aliphatic carbocycles. The zero-order valence-corrected chi connectivity index (χ0v) is 10.8. The van der Waals surface area contributed by atoms with E-state index in [2.05, 4.69) is 0 Å². The number of hydrogen-bond acceptors (Lipinski definition) is 6. The number of carbonyl (C=O) groups is 4. The van der Waals surface area contributed by atoms with Crippen LogP contribution < -0.4 is 0 Å². The van der Waals surface area contributed by atoms with Gasteiger partial charge in [0.2, 0.25) is 0 Å². The molecule has 0 atom stereocenters. The molecular formula is C10H18O9. The molecule has 0 radical (unpaired) electrons. The lowest BCUT2D eigenvalue weighted by atomic mass is 9.96. The lowest BCUT2D eigenvalue weighted by molar-refractivity contribution is -0.170. The number of hydrogen-bond donors (Lipinski definition) is 5. The Hall–Kier alpha value is -2.00. The quantitative estimate of drug-likeness (QED) is 0.422. The second kappa shape index (κ2) is 11.1. The summed E-state index contributed by atoms with van der Waals surface area (Å²) in [4.78, 5) is 39.9. The Kier molecular flexibility index (Phi) is 13.0. The maximum atomic E-state index is 10.3. The zero-order chi connectivity index (χ0) is 16.2. The Labute approximate surface area is 109 Å². The van der Waals surface area contributed by atoms with Crippen LogP contribution in [0.5, 0.6) is 0 Å². The Balaban J connectivity index is -0.000000361. The number of aliphatic hydroxyl groups is 2. The molecule has 0 heterocycles. The van der Waals surface area contributed by atoms with Crippen molar-refractivity contribution in [3.8, 4) is 0 Å². The van der Waals surface area contributed by atoms with Crippen LogP contribution in [-0.2, 0) is 19.2 Å². The lowest BCUT2D eigenvalue weighted by Gasteiger charge is -2.18. The van der Waals surface area contributed by atoms with Crippen molar-refractivity contribution in [3.63, 3.8) is 0 Å². The van der Waals surface area contributed by atoms with Crippen LogP contribution in [0.3, 0.4) is 0 Å². The number of carbonyl (C=O) groups excluding carboxylic acids is 1. The summed E-state index contributed by atoms with van der Waals surface area (Å²) in [6, 6.07) is 0. The van der Waals surface area contributed by atoms with E-state index < -0.39 is 36.4 Å². The zero-order valence-electron chi connectivity index (χ0n) is 10.8. The molecule has 0 saturated carbocycles. The van der Waals surface area contributed by atoms with E-state index in [1.54, 1.807) is 0 Å². The molecule has 0 aromatic rings. The van der Waals surface area contributed by atoms with Gasteiger partial charge in [0.25, 0.3) is 0 Å². The minimum absolute atomic E-state index is 0.167. The van der Waals surface area contributed by atoms with Crippen molar-refractivity contribution in [3.05, 3.63) is 0 Å². The van der Waals surface area contributed by atoms with E-state index in [0.29, 0.717) is 0 Å². The molecule has 0 aliphatic heterocycles. The number of carboxylic acids is 3. The molecule has 112 valence electrons. The van der Waals surface area contributed by atoms with Crippen LogP contribution in [0.15, 0.2) is 0 Å². The maximum Gasteiger partial charge on any atom is 0.336 e. The SMILES string of the molecule is CC(C)=O.CO.O=C(O)CC(O)(CC(=O)O)C(=O)O. The van der Waals surface area contributed by atoms with E-state index in [1.807, 2.05) is 0 Å². The van der Waals surface area contributed by atoms with Crippen molar-refractivity contribution in [1.82, 2.24) is 0 Å². The standard InChI is InChI=1S/C6H8O7.C3H6O.CH4O/c7-3(8)1-6(13,5(11)12)2-4(9)10;1-3(2)4;1-2/h13H,1-2H2,(H,7,8)(H,9,10)(H,11,12);1-2H3;2H,1H3. The van der Waals surface area contributed by atoms with Gasteiger partial charge in [0.1, 0.15) is 5.78 Å². The Bertz CT molecular complexity index is 301. The van der Waals surface area contributed by atoms with Gasteiger partial charge < -0.3 is 30.3 Å². The first kappa shape index (κ1) is 22.2. The average molecular weight is 282 g/mol. The summed E-state index contributed by atoms with van der Waals surface area (Å²) < 4.78 is 0. The molecule has 0 aromatic carbocycles. The molecule has 5 N–H and O–H groups in total. The molecule has 0 spiro atoms. The second-order valence-corrected chi connectivity index (χ2v) is 3.39. The first-order valence-corrected chi connectivity index (χ1v) is 4.82. The summed E-state index contributed by atoms with van der Waals surface area (Å²) in [7, 11) is 1.00. The molecule has 0 rings (SSSR count). The molecule has 0 aliphatic rings. The minimum Gasteiger partial charge on any atom is -0.481 e. The largest absolute Gasteiger partial charge is 0.481 e. The summed E-state index contributed by atoms with van der Waals surface area (Å²) in [6.45, 7) is 3.06. The van der Waals surface area contributed by atoms with Crippen LogP contribution in [0.4, 0.5) is 0 Å². The van der Waals surface area contributed by atoms with Gasteiger partial charge in [-0.05, 0) is 13.8 Å². The fourth-order valence-electron chi connectivity index (χ4n) is 0.714. The maximum absolute atomic E-state index is 10.3. The molecule has 9 nitrogen and oxygen atoms in total. The van der Waals surface area contributed by atoms with Crippen LogP contribution in [0.25, 0.3) is 0 Å². The lowest BCUT2D eigenvalue weighted by Crippen LogP contribution is -2.42. The van der Waals surface area contributed by atoms with E-state index in [0.717, 1.165) is 7.11 Å². The van der Waals surface area contributed by atoms with Crippen molar-refractivity contribution in [2.75, 3.05) is 7.11 Å². The normalized spacial score (nSPS) is 9.11. The fourth-order valence-corrected chi connectivity index (χ4v) is 0.714. The molecule has 0 amide bonds. The van der Waals surface area contributed by atoms with Crippen molar-refractivity contribution in [2.45, 2.75) is 32.3 Å². The van der Waals surface area contributed by atoms with Crippen LogP contribution in [0.1, 0.15) is 26.7 Å². The van der Waals surface area contributed by atoms with E-state index in [4.69, 9.17) is 25.5 Å². The van der Waals surface area contributed by atoms with Gasteiger partial charge in [0, 0.05) is 7.11 Å². The topological polar surface area (TPSA) is 169 Å². The number of carboxylic acid groups (broad SMARTS) is 3. The molecule has 0 unspecified atom stereocenters. The van der Waals surface area contributed by atoms with E-state index in [1.165, 1.54) is 13.8 Å². The molecule has 9 heteroatoms. The third-order valence-corrected chi connectivity index (χ3v) is 1.29. The summed E-state index contributed by atoms with van der Waals surface area (Å²) in [5.74, 6) is -4.85. The first-order chi connectivity index (χ1) is 8.51. The molecule has 19 heavy (non-hydrogen) atoms. The highest BCUT2D eigenvalue weighted by Crippen LogP contribution is 2.15. The Morgan fingerprint density at radius 3 is 1.16 bits per heavy atom. The highest BCUT2D eigenvalue weighted by Gasteiger charge is 2.40. The predicted molar refractivity (Wildman–Crippen MR) is 61.6 cm³/mol. The highest BCUT2D eigenvalue weighted by molar-refractivity contribution is 5.88. The van der Waals surface area contributed by atoms with E-state index in [9.17, 15) is 19.2 Å². The first-order valence-electron chi connectivity index (χ1n) is 4.82. The number of Topliss-reactive ketones (excluding diaryl/α,β-unsaturated/α-hetero) is 1. The van der Waals surface area contributed by atoms with Gasteiger partial charge >= 0.3 is 17.9 Å². The van der Waals surface area contributed by atoms with Crippen LogP contribution in [-0.4, -0.2) is 61.9 Å². The van der Waals surface area contributed by atoms with Crippen molar-refractivity contribution >= 4 is 23.7 Å². The number of aliphatic carboxylic acids is 3. The Morgan fingerprint density at radius 2 is 1.05 bits per heavy atom. The fraction of sp³-hybridized carbons (Fsp3) is 0.600. The minimum atomic E-state index is -2.74. The van der Waals surface area contributed by atoms with Gasteiger partial charge in [0.15, 0.2) is 5.60 Å². The predicted octanol–water partition coefficient (Wildman–Crippen LogP) is -1.04. The third kappa shape index (κ3) is 16.0. The van der Waals surface area contributed by atoms with E-state index in [-0.39, 0.29) is 5.78 Å². The smallest absolute Gasteiger partial charge is 0.336 e.